The normalized spacial score (nSPS) is 10.8. The van der Waals surface area contributed by atoms with Gasteiger partial charge in [0.15, 0.2) is 0 Å². The SMILES string of the molecule is CC(C)(C)c1ccccc1NC(=O)CCNc1ccc(C#N)cc1. The van der Waals surface area contributed by atoms with Crippen molar-refractivity contribution in [3.63, 3.8) is 0 Å². The summed E-state index contributed by atoms with van der Waals surface area (Å²) in [7, 11) is 0. The first kappa shape index (κ1) is 17.6. The summed E-state index contributed by atoms with van der Waals surface area (Å²) in [6.45, 7) is 6.93. The fourth-order valence-corrected chi connectivity index (χ4v) is 2.44. The van der Waals surface area contributed by atoms with Gasteiger partial charge in [-0.3, -0.25) is 4.79 Å². The molecule has 4 heteroatoms. The van der Waals surface area contributed by atoms with Crippen LogP contribution in [0.25, 0.3) is 0 Å². The lowest BCUT2D eigenvalue weighted by Crippen LogP contribution is -2.20. The Hall–Kier alpha value is -2.80. The largest absolute Gasteiger partial charge is 0.385 e. The van der Waals surface area contributed by atoms with Crippen LogP contribution in [-0.2, 0) is 10.2 Å². The highest BCUT2D eigenvalue weighted by molar-refractivity contribution is 5.92. The summed E-state index contributed by atoms with van der Waals surface area (Å²) >= 11 is 0. The average molecular weight is 321 g/mol. The van der Waals surface area contributed by atoms with Gasteiger partial charge in [-0.25, -0.2) is 0 Å². The minimum atomic E-state index is -0.0232. The van der Waals surface area contributed by atoms with Gasteiger partial charge in [0.1, 0.15) is 0 Å². The molecule has 0 aliphatic carbocycles. The van der Waals surface area contributed by atoms with Crippen LogP contribution in [0.4, 0.5) is 11.4 Å². The minimum absolute atomic E-state index is 0.0205. The van der Waals surface area contributed by atoms with E-state index in [0.717, 1.165) is 16.9 Å². The van der Waals surface area contributed by atoms with E-state index in [1.165, 1.54) is 0 Å². The van der Waals surface area contributed by atoms with Crippen LogP contribution in [0.2, 0.25) is 0 Å². The molecule has 124 valence electrons. The molecule has 1 amide bonds. The van der Waals surface area contributed by atoms with Crippen LogP contribution in [0.15, 0.2) is 48.5 Å². The predicted molar refractivity (Wildman–Crippen MR) is 98.0 cm³/mol. The highest BCUT2D eigenvalue weighted by atomic mass is 16.1. The number of nitrogens with zero attached hydrogens (tertiary/aromatic N) is 1. The van der Waals surface area contributed by atoms with Gasteiger partial charge in [-0.05, 0) is 41.3 Å². The number of carbonyl (C=O) groups excluding carboxylic acids is 1. The van der Waals surface area contributed by atoms with Crippen LogP contribution in [0.3, 0.4) is 0 Å². The lowest BCUT2D eigenvalue weighted by atomic mass is 9.86. The maximum absolute atomic E-state index is 12.2. The molecular weight excluding hydrogens is 298 g/mol. The Labute approximate surface area is 143 Å². The summed E-state index contributed by atoms with van der Waals surface area (Å²) in [5, 5.41) is 15.0. The molecule has 0 fully saturated rings. The monoisotopic (exact) mass is 321 g/mol. The Balaban J connectivity index is 1.89. The molecule has 2 aromatic rings. The number of anilines is 2. The Bertz CT molecular complexity index is 737. The molecule has 0 saturated heterocycles. The van der Waals surface area contributed by atoms with Crippen molar-refractivity contribution >= 4 is 17.3 Å². The van der Waals surface area contributed by atoms with Gasteiger partial charge in [0.05, 0.1) is 11.6 Å². The molecule has 0 atom stereocenters. The first-order valence-corrected chi connectivity index (χ1v) is 8.03. The number of nitriles is 1. The van der Waals surface area contributed by atoms with Crippen LogP contribution in [0.1, 0.15) is 38.3 Å². The number of hydrogen-bond acceptors (Lipinski definition) is 3. The lowest BCUT2D eigenvalue weighted by Gasteiger charge is -2.23. The van der Waals surface area contributed by atoms with E-state index in [1.54, 1.807) is 12.1 Å². The van der Waals surface area contributed by atoms with Gasteiger partial charge >= 0.3 is 0 Å². The number of carbonyl (C=O) groups is 1. The van der Waals surface area contributed by atoms with Gasteiger partial charge in [-0.2, -0.15) is 5.26 Å². The van der Waals surface area contributed by atoms with Gasteiger partial charge in [0.2, 0.25) is 5.91 Å². The molecule has 0 spiro atoms. The third kappa shape index (κ3) is 4.85. The fourth-order valence-electron chi connectivity index (χ4n) is 2.44. The van der Waals surface area contributed by atoms with Gasteiger partial charge in [0, 0.05) is 24.3 Å². The first-order valence-electron chi connectivity index (χ1n) is 8.03. The second-order valence-corrected chi connectivity index (χ2v) is 6.71. The van der Waals surface area contributed by atoms with Crippen LogP contribution in [0.5, 0.6) is 0 Å². The summed E-state index contributed by atoms with van der Waals surface area (Å²) in [5.74, 6) is -0.0205. The second kappa shape index (κ2) is 7.65. The average Bonchev–Trinajstić information content (AvgIpc) is 2.55. The van der Waals surface area contributed by atoms with Crippen molar-refractivity contribution < 1.29 is 4.79 Å². The van der Waals surface area contributed by atoms with E-state index in [4.69, 9.17) is 5.26 Å². The van der Waals surface area contributed by atoms with E-state index in [0.29, 0.717) is 18.5 Å². The topological polar surface area (TPSA) is 64.9 Å². The van der Waals surface area contributed by atoms with Crippen molar-refractivity contribution in [3.05, 3.63) is 59.7 Å². The molecule has 24 heavy (non-hydrogen) atoms. The molecule has 0 radical (unpaired) electrons. The van der Waals surface area contributed by atoms with Gasteiger partial charge in [0.25, 0.3) is 0 Å². The Morgan fingerprint density at radius 1 is 1.08 bits per heavy atom. The highest BCUT2D eigenvalue weighted by Gasteiger charge is 2.18. The van der Waals surface area contributed by atoms with E-state index >= 15 is 0 Å². The molecule has 4 nitrogen and oxygen atoms in total. The summed E-state index contributed by atoms with van der Waals surface area (Å²) in [5.41, 5.74) is 3.49. The van der Waals surface area contributed by atoms with Crippen LogP contribution in [0, 0.1) is 11.3 Å². The number of hydrogen-bond donors (Lipinski definition) is 2. The Morgan fingerprint density at radius 2 is 1.75 bits per heavy atom. The predicted octanol–water partition coefficient (Wildman–Crippen LogP) is 4.30. The molecular formula is C20H23N3O. The maximum atomic E-state index is 12.2. The molecule has 0 saturated carbocycles. The molecule has 2 N–H and O–H groups in total. The van der Waals surface area contributed by atoms with Crippen molar-refractivity contribution in [2.45, 2.75) is 32.6 Å². The Kier molecular flexibility index (Phi) is 5.59. The molecule has 0 aliphatic rings. The zero-order valence-electron chi connectivity index (χ0n) is 14.4. The van der Waals surface area contributed by atoms with Crippen LogP contribution >= 0.6 is 0 Å². The molecule has 0 heterocycles. The summed E-state index contributed by atoms with van der Waals surface area (Å²) < 4.78 is 0. The lowest BCUT2D eigenvalue weighted by molar-refractivity contribution is -0.115. The van der Waals surface area contributed by atoms with Crippen molar-refractivity contribution in [1.82, 2.24) is 0 Å². The third-order valence-electron chi connectivity index (χ3n) is 3.70. The fraction of sp³-hybridized carbons (Fsp3) is 0.300. The number of nitrogens with one attached hydrogen (secondary N) is 2. The summed E-state index contributed by atoms with van der Waals surface area (Å²) in [6, 6.07) is 17.2. The number of para-hydroxylation sites is 1. The van der Waals surface area contributed by atoms with E-state index in [1.807, 2.05) is 36.4 Å². The molecule has 2 aromatic carbocycles. The zero-order valence-corrected chi connectivity index (χ0v) is 14.4. The smallest absolute Gasteiger partial charge is 0.226 e. The first-order chi connectivity index (χ1) is 11.4. The second-order valence-electron chi connectivity index (χ2n) is 6.71. The Morgan fingerprint density at radius 3 is 2.38 bits per heavy atom. The van der Waals surface area contributed by atoms with Gasteiger partial charge in [-0.15, -0.1) is 0 Å². The number of benzene rings is 2. The van der Waals surface area contributed by atoms with Crippen LogP contribution < -0.4 is 10.6 Å². The van der Waals surface area contributed by atoms with Gasteiger partial charge < -0.3 is 10.6 Å². The number of amides is 1. The highest BCUT2D eigenvalue weighted by Crippen LogP contribution is 2.29. The van der Waals surface area contributed by atoms with E-state index in [2.05, 4.69) is 37.5 Å². The van der Waals surface area contributed by atoms with Crippen molar-refractivity contribution in [2.24, 2.45) is 0 Å². The molecule has 0 aromatic heterocycles. The molecule has 2 rings (SSSR count). The van der Waals surface area contributed by atoms with E-state index in [9.17, 15) is 4.79 Å². The van der Waals surface area contributed by atoms with E-state index in [-0.39, 0.29) is 11.3 Å². The standard InChI is InChI=1S/C20H23N3O/c1-20(2,3)17-6-4-5-7-18(17)23-19(24)12-13-22-16-10-8-15(14-21)9-11-16/h4-11,22H,12-13H2,1-3H3,(H,23,24). The van der Waals surface area contributed by atoms with Crippen molar-refractivity contribution in [3.8, 4) is 6.07 Å². The van der Waals surface area contributed by atoms with E-state index < -0.39 is 0 Å². The molecule has 0 aliphatic heterocycles. The van der Waals surface area contributed by atoms with Gasteiger partial charge in [-0.1, -0.05) is 39.0 Å². The maximum Gasteiger partial charge on any atom is 0.226 e. The summed E-state index contributed by atoms with van der Waals surface area (Å²) in [6.07, 6.45) is 0.373. The molecule has 0 bridgehead atoms. The summed E-state index contributed by atoms with van der Waals surface area (Å²) in [4.78, 5) is 12.2. The van der Waals surface area contributed by atoms with Crippen LogP contribution in [-0.4, -0.2) is 12.5 Å². The van der Waals surface area contributed by atoms with Crippen molar-refractivity contribution in [1.29, 1.82) is 5.26 Å². The quantitative estimate of drug-likeness (QED) is 0.863. The number of rotatable bonds is 5. The zero-order chi connectivity index (χ0) is 17.6. The van der Waals surface area contributed by atoms with Crippen molar-refractivity contribution in [2.75, 3.05) is 17.2 Å². The molecule has 0 unspecified atom stereocenters. The third-order valence-corrected chi connectivity index (χ3v) is 3.70. The minimum Gasteiger partial charge on any atom is -0.385 e.